The summed E-state index contributed by atoms with van der Waals surface area (Å²) in [6, 6.07) is 7.42. The first-order valence-electron chi connectivity index (χ1n) is 4.82. The van der Waals surface area contributed by atoms with Gasteiger partial charge in [0.05, 0.1) is 0 Å². The molecule has 84 valence electrons. The molecule has 4 heteroatoms. The van der Waals surface area contributed by atoms with Crippen LogP contribution in [0.1, 0.15) is 18.1 Å². The van der Waals surface area contributed by atoms with Crippen molar-refractivity contribution in [2.45, 2.75) is 12.5 Å². The highest BCUT2D eigenvalue weighted by atomic mass is 79.9. The molecule has 0 bridgehead atoms. The minimum atomic E-state index is -1.05. The number of nitrogen functional groups attached to an aromatic ring is 1. The number of rotatable bonds is 2. The van der Waals surface area contributed by atoms with Gasteiger partial charge in [-0.2, -0.15) is 11.3 Å². The topological polar surface area (TPSA) is 46.2 Å². The predicted molar refractivity (Wildman–Crippen MR) is 71.5 cm³/mol. The highest BCUT2D eigenvalue weighted by Crippen LogP contribution is 2.35. The maximum atomic E-state index is 10.6. The van der Waals surface area contributed by atoms with E-state index < -0.39 is 5.60 Å². The number of halogens is 1. The molecule has 1 aromatic heterocycles. The van der Waals surface area contributed by atoms with Gasteiger partial charge in [0, 0.05) is 15.7 Å². The molecular formula is C12H12BrNOS. The third kappa shape index (κ3) is 2.00. The summed E-state index contributed by atoms with van der Waals surface area (Å²) in [4.78, 5) is 0. The Kier molecular flexibility index (Phi) is 3.06. The Morgan fingerprint density at radius 1 is 1.38 bits per heavy atom. The average Bonchev–Trinajstić information content (AvgIpc) is 2.75. The zero-order valence-electron chi connectivity index (χ0n) is 8.77. The molecule has 16 heavy (non-hydrogen) atoms. The van der Waals surface area contributed by atoms with Crippen molar-refractivity contribution in [2.75, 3.05) is 5.73 Å². The lowest BCUT2D eigenvalue weighted by atomic mass is 9.89. The summed E-state index contributed by atoms with van der Waals surface area (Å²) in [6.45, 7) is 1.76. The Bertz CT molecular complexity index is 494. The van der Waals surface area contributed by atoms with Crippen molar-refractivity contribution in [1.29, 1.82) is 0 Å². The van der Waals surface area contributed by atoms with Crippen molar-refractivity contribution in [2.24, 2.45) is 0 Å². The summed E-state index contributed by atoms with van der Waals surface area (Å²) in [5, 5.41) is 14.4. The Morgan fingerprint density at radius 2 is 2.12 bits per heavy atom. The average molecular weight is 298 g/mol. The van der Waals surface area contributed by atoms with Gasteiger partial charge in [0.15, 0.2) is 0 Å². The minimum Gasteiger partial charge on any atom is -0.398 e. The van der Waals surface area contributed by atoms with Crippen molar-refractivity contribution >= 4 is 33.0 Å². The quantitative estimate of drug-likeness (QED) is 0.835. The maximum Gasteiger partial charge on any atom is 0.115 e. The molecule has 0 aliphatic rings. The van der Waals surface area contributed by atoms with Crippen molar-refractivity contribution in [3.05, 3.63) is 50.6 Å². The van der Waals surface area contributed by atoms with Crippen LogP contribution in [0.4, 0.5) is 5.69 Å². The minimum absolute atomic E-state index is 0.597. The summed E-state index contributed by atoms with van der Waals surface area (Å²) < 4.78 is 0.909. The predicted octanol–water partition coefficient (Wildman–Crippen LogP) is 3.35. The SMILES string of the molecule is CC(O)(c1ccsc1)c1cc(Br)ccc1N. The molecule has 0 amide bonds. The van der Waals surface area contributed by atoms with E-state index in [-0.39, 0.29) is 0 Å². The van der Waals surface area contributed by atoms with E-state index in [4.69, 9.17) is 5.73 Å². The molecule has 1 aromatic carbocycles. The second-order valence-electron chi connectivity index (χ2n) is 3.82. The maximum absolute atomic E-state index is 10.6. The molecule has 2 aromatic rings. The van der Waals surface area contributed by atoms with Gasteiger partial charge in [-0.25, -0.2) is 0 Å². The Labute approximate surface area is 107 Å². The summed E-state index contributed by atoms with van der Waals surface area (Å²) >= 11 is 4.95. The lowest BCUT2D eigenvalue weighted by Crippen LogP contribution is -2.23. The second-order valence-corrected chi connectivity index (χ2v) is 5.51. The van der Waals surface area contributed by atoms with Gasteiger partial charge < -0.3 is 10.8 Å². The Balaban J connectivity index is 2.55. The van der Waals surface area contributed by atoms with Gasteiger partial charge in [0.1, 0.15) is 5.60 Å². The lowest BCUT2D eigenvalue weighted by molar-refractivity contribution is 0.103. The fraction of sp³-hybridized carbons (Fsp3) is 0.167. The molecule has 0 saturated carbocycles. The van der Waals surface area contributed by atoms with Gasteiger partial charge in [0.2, 0.25) is 0 Å². The first-order chi connectivity index (χ1) is 7.51. The van der Waals surface area contributed by atoms with E-state index in [1.54, 1.807) is 24.3 Å². The number of nitrogens with two attached hydrogens (primary N) is 1. The summed E-state index contributed by atoms with van der Waals surface area (Å²) in [5.41, 5.74) is 7.04. The Hall–Kier alpha value is -0.840. The van der Waals surface area contributed by atoms with Crippen LogP contribution in [0.15, 0.2) is 39.5 Å². The van der Waals surface area contributed by atoms with E-state index in [0.29, 0.717) is 5.69 Å². The number of benzene rings is 1. The normalized spacial score (nSPS) is 14.7. The zero-order valence-corrected chi connectivity index (χ0v) is 11.2. The highest BCUT2D eigenvalue weighted by molar-refractivity contribution is 9.10. The number of hydrogen-bond acceptors (Lipinski definition) is 3. The smallest absolute Gasteiger partial charge is 0.115 e. The van der Waals surface area contributed by atoms with Crippen LogP contribution < -0.4 is 5.73 Å². The van der Waals surface area contributed by atoms with Crippen LogP contribution in [0, 0.1) is 0 Å². The first-order valence-corrected chi connectivity index (χ1v) is 6.56. The molecule has 0 spiro atoms. The van der Waals surface area contributed by atoms with E-state index in [2.05, 4.69) is 15.9 Å². The fourth-order valence-electron chi connectivity index (χ4n) is 1.65. The van der Waals surface area contributed by atoms with Crippen LogP contribution in [0.25, 0.3) is 0 Å². The summed E-state index contributed by atoms with van der Waals surface area (Å²) in [6.07, 6.45) is 0. The molecule has 0 aliphatic heterocycles. The molecular weight excluding hydrogens is 286 g/mol. The van der Waals surface area contributed by atoms with Crippen molar-refractivity contribution < 1.29 is 5.11 Å². The highest BCUT2D eigenvalue weighted by Gasteiger charge is 2.28. The summed E-state index contributed by atoms with van der Waals surface area (Å²) in [7, 11) is 0. The monoisotopic (exact) mass is 297 g/mol. The fourth-order valence-corrected chi connectivity index (χ4v) is 2.77. The lowest BCUT2D eigenvalue weighted by Gasteiger charge is -2.24. The van der Waals surface area contributed by atoms with Crippen LogP contribution in [0.2, 0.25) is 0 Å². The second kappa shape index (κ2) is 4.20. The van der Waals surface area contributed by atoms with Gasteiger partial charge >= 0.3 is 0 Å². The van der Waals surface area contributed by atoms with Crippen LogP contribution in [-0.2, 0) is 5.60 Å². The standard InChI is InChI=1S/C12H12BrNOS/c1-12(15,8-4-5-16-7-8)10-6-9(13)2-3-11(10)14/h2-7,15H,14H2,1H3. The van der Waals surface area contributed by atoms with E-state index >= 15 is 0 Å². The van der Waals surface area contributed by atoms with Crippen molar-refractivity contribution in [3.63, 3.8) is 0 Å². The zero-order chi connectivity index (χ0) is 11.8. The molecule has 3 N–H and O–H groups in total. The Morgan fingerprint density at radius 3 is 2.75 bits per heavy atom. The molecule has 0 aliphatic carbocycles. The largest absolute Gasteiger partial charge is 0.398 e. The summed E-state index contributed by atoms with van der Waals surface area (Å²) in [5.74, 6) is 0. The molecule has 0 saturated heterocycles. The molecule has 1 atom stereocenters. The van der Waals surface area contributed by atoms with Crippen LogP contribution in [0.3, 0.4) is 0 Å². The number of aliphatic hydroxyl groups is 1. The van der Waals surface area contributed by atoms with Gasteiger partial charge in [-0.05, 0) is 47.5 Å². The molecule has 2 rings (SSSR count). The van der Waals surface area contributed by atoms with Gasteiger partial charge in [-0.3, -0.25) is 0 Å². The van der Waals surface area contributed by atoms with E-state index in [1.165, 1.54) is 0 Å². The van der Waals surface area contributed by atoms with E-state index in [1.807, 2.05) is 29.0 Å². The van der Waals surface area contributed by atoms with Gasteiger partial charge in [0.25, 0.3) is 0 Å². The molecule has 2 nitrogen and oxygen atoms in total. The van der Waals surface area contributed by atoms with Gasteiger partial charge in [-0.15, -0.1) is 0 Å². The van der Waals surface area contributed by atoms with Crippen LogP contribution in [-0.4, -0.2) is 5.11 Å². The number of hydrogen-bond donors (Lipinski definition) is 2. The van der Waals surface area contributed by atoms with Crippen LogP contribution >= 0.6 is 27.3 Å². The number of anilines is 1. The molecule has 0 fully saturated rings. The molecule has 1 heterocycles. The van der Waals surface area contributed by atoms with Gasteiger partial charge in [-0.1, -0.05) is 15.9 Å². The molecule has 1 unspecified atom stereocenters. The van der Waals surface area contributed by atoms with E-state index in [9.17, 15) is 5.11 Å². The van der Waals surface area contributed by atoms with Crippen molar-refractivity contribution in [3.8, 4) is 0 Å². The molecule has 0 radical (unpaired) electrons. The third-order valence-electron chi connectivity index (χ3n) is 2.62. The van der Waals surface area contributed by atoms with E-state index in [0.717, 1.165) is 15.6 Å². The van der Waals surface area contributed by atoms with Crippen LogP contribution in [0.5, 0.6) is 0 Å². The van der Waals surface area contributed by atoms with Crippen molar-refractivity contribution in [1.82, 2.24) is 0 Å². The first kappa shape index (κ1) is 11.6. The third-order valence-corrected chi connectivity index (χ3v) is 3.80. The number of thiophene rings is 1.